The van der Waals surface area contributed by atoms with Crippen LogP contribution in [0.3, 0.4) is 0 Å². The fourth-order valence-corrected chi connectivity index (χ4v) is 2.99. The van der Waals surface area contributed by atoms with E-state index in [4.69, 9.17) is 23.2 Å². The van der Waals surface area contributed by atoms with Crippen LogP contribution >= 0.6 is 23.2 Å². The van der Waals surface area contributed by atoms with E-state index < -0.39 is 0 Å². The Labute approximate surface area is 151 Å². The fourth-order valence-electron chi connectivity index (χ4n) is 2.53. The molecule has 2 aromatic rings. The Kier molecular flexibility index (Phi) is 5.03. The molecule has 1 heterocycles. The van der Waals surface area contributed by atoms with Crippen LogP contribution in [0.15, 0.2) is 53.2 Å². The molecular weight excluding hydrogens is 343 g/mol. The largest absolute Gasteiger partial charge is 0.309 e. The van der Waals surface area contributed by atoms with Crippen molar-refractivity contribution in [1.82, 2.24) is 5.32 Å². The molecule has 1 amide bonds. The topological polar surface area (TPSA) is 41.5 Å². The standard InChI is InChI=1S/C19H16Cl2N2O/c1-12-3-2-4-13(9-12)5-8-18-22-17(19(24)23-18)10-14-6-7-15(20)11-16(14)21/h2-4,6-7,9-11H,5,8H2,1H3,(H,22,23,24)/b17-10-. The Morgan fingerprint density at radius 1 is 1.12 bits per heavy atom. The van der Waals surface area contributed by atoms with Crippen LogP contribution in [0.4, 0.5) is 0 Å². The van der Waals surface area contributed by atoms with Crippen molar-refractivity contribution < 1.29 is 4.79 Å². The van der Waals surface area contributed by atoms with Crippen LogP contribution < -0.4 is 5.32 Å². The summed E-state index contributed by atoms with van der Waals surface area (Å²) in [5.41, 5.74) is 3.53. The second-order valence-corrected chi connectivity index (χ2v) is 6.54. The summed E-state index contributed by atoms with van der Waals surface area (Å²) in [5.74, 6) is 0.470. The van der Waals surface area contributed by atoms with E-state index in [-0.39, 0.29) is 5.91 Å². The minimum atomic E-state index is -0.208. The molecule has 0 spiro atoms. The zero-order valence-corrected chi connectivity index (χ0v) is 14.7. The summed E-state index contributed by atoms with van der Waals surface area (Å²) < 4.78 is 0. The van der Waals surface area contributed by atoms with Crippen molar-refractivity contribution in [3.63, 3.8) is 0 Å². The summed E-state index contributed by atoms with van der Waals surface area (Å²) >= 11 is 12.0. The molecular formula is C19H16Cl2N2O. The third-order valence-electron chi connectivity index (χ3n) is 3.73. The lowest BCUT2D eigenvalue weighted by Crippen LogP contribution is -2.24. The molecule has 0 saturated carbocycles. The van der Waals surface area contributed by atoms with Crippen molar-refractivity contribution >= 4 is 41.0 Å². The van der Waals surface area contributed by atoms with E-state index in [1.807, 2.05) is 6.07 Å². The number of nitrogens with zero attached hydrogens (tertiary/aromatic N) is 1. The van der Waals surface area contributed by atoms with Gasteiger partial charge in [-0.2, -0.15) is 0 Å². The van der Waals surface area contributed by atoms with Gasteiger partial charge in [0.25, 0.3) is 5.91 Å². The third kappa shape index (κ3) is 4.05. The Morgan fingerprint density at radius 3 is 2.71 bits per heavy atom. The van der Waals surface area contributed by atoms with Gasteiger partial charge in [-0.15, -0.1) is 0 Å². The summed E-state index contributed by atoms with van der Waals surface area (Å²) in [7, 11) is 0. The van der Waals surface area contributed by atoms with Crippen molar-refractivity contribution in [2.45, 2.75) is 19.8 Å². The van der Waals surface area contributed by atoms with Crippen LogP contribution in [-0.2, 0) is 11.2 Å². The summed E-state index contributed by atoms with van der Waals surface area (Å²) in [4.78, 5) is 16.5. The van der Waals surface area contributed by atoms with Crippen molar-refractivity contribution in [3.05, 3.63) is 74.9 Å². The van der Waals surface area contributed by atoms with Gasteiger partial charge in [-0.05, 0) is 42.7 Å². The second kappa shape index (κ2) is 7.20. The van der Waals surface area contributed by atoms with Crippen LogP contribution in [0.2, 0.25) is 10.0 Å². The van der Waals surface area contributed by atoms with Crippen LogP contribution in [0.5, 0.6) is 0 Å². The lowest BCUT2D eigenvalue weighted by molar-refractivity contribution is -0.115. The second-order valence-electron chi connectivity index (χ2n) is 5.70. The van der Waals surface area contributed by atoms with E-state index in [0.29, 0.717) is 28.0 Å². The third-order valence-corrected chi connectivity index (χ3v) is 4.30. The van der Waals surface area contributed by atoms with Gasteiger partial charge in [0.1, 0.15) is 11.5 Å². The summed E-state index contributed by atoms with van der Waals surface area (Å²) in [6, 6.07) is 13.5. The number of halogens is 2. The van der Waals surface area contributed by atoms with Crippen molar-refractivity contribution in [1.29, 1.82) is 0 Å². The van der Waals surface area contributed by atoms with E-state index in [2.05, 4.69) is 35.4 Å². The molecule has 1 aliphatic heterocycles. The van der Waals surface area contributed by atoms with Crippen LogP contribution in [-0.4, -0.2) is 11.7 Å². The molecule has 0 unspecified atom stereocenters. The lowest BCUT2D eigenvalue weighted by atomic mass is 10.1. The minimum absolute atomic E-state index is 0.208. The number of aryl methyl sites for hydroxylation is 2. The highest BCUT2D eigenvalue weighted by Gasteiger charge is 2.20. The summed E-state index contributed by atoms with van der Waals surface area (Å²) in [5, 5.41) is 3.86. The predicted octanol–water partition coefficient (Wildman–Crippen LogP) is 4.80. The van der Waals surface area contributed by atoms with Gasteiger partial charge in [0.15, 0.2) is 0 Å². The van der Waals surface area contributed by atoms with E-state index in [0.717, 1.165) is 12.0 Å². The number of hydrogen-bond acceptors (Lipinski definition) is 2. The number of benzene rings is 2. The average Bonchev–Trinajstić information content (AvgIpc) is 2.88. The highest BCUT2D eigenvalue weighted by Crippen LogP contribution is 2.24. The highest BCUT2D eigenvalue weighted by atomic mass is 35.5. The number of amides is 1. The molecule has 1 N–H and O–H groups in total. The number of rotatable bonds is 4. The number of carbonyl (C=O) groups excluding carboxylic acids is 1. The molecule has 0 fully saturated rings. The number of nitrogens with one attached hydrogen (secondary N) is 1. The molecule has 0 radical (unpaired) electrons. The summed E-state index contributed by atoms with van der Waals surface area (Å²) in [6.45, 7) is 2.06. The van der Waals surface area contributed by atoms with E-state index in [9.17, 15) is 4.79 Å². The number of amidine groups is 1. The van der Waals surface area contributed by atoms with Gasteiger partial charge in [-0.1, -0.05) is 59.1 Å². The average molecular weight is 359 g/mol. The van der Waals surface area contributed by atoms with E-state index in [1.165, 1.54) is 11.1 Å². The smallest absolute Gasteiger partial charge is 0.275 e. The maximum atomic E-state index is 12.1. The molecule has 0 atom stereocenters. The van der Waals surface area contributed by atoms with Gasteiger partial charge in [-0.25, -0.2) is 4.99 Å². The Morgan fingerprint density at radius 2 is 1.96 bits per heavy atom. The maximum absolute atomic E-state index is 12.1. The van der Waals surface area contributed by atoms with Gasteiger partial charge in [0.2, 0.25) is 0 Å². The van der Waals surface area contributed by atoms with Gasteiger partial charge in [0, 0.05) is 16.5 Å². The van der Waals surface area contributed by atoms with E-state index >= 15 is 0 Å². The predicted molar refractivity (Wildman–Crippen MR) is 99.5 cm³/mol. The quantitative estimate of drug-likeness (QED) is 0.783. The molecule has 2 aromatic carbocycles. The monoisotopic (exact) mass is 358 g/mol. The number of hydrogen-bond donors (Lipinski definition) is 1. The molecule has 5 heteroatoms. The molecule has 122 valence electrons. The zero-order chi connectivity index (χ0) is 17.1. The van der Waals surface area contributed by atoms with Crippen LogP contribution in [0, 0.1) is 6.92 Å². The lowest BCUT2D eigenvalue weighted by Gasteiger charge is -2.02. The van der Waals surface area contributed by atoms with Crippen LogP contribution in [0.25, 0.3) is 6.08 Å². The molecule has 3 rings (SSSR count). The first-order chi connectivity index (χ1) is 11.5. The molecule has 0 saturated heterocycles. The molecule has 1 aliphatic rings. The Balaban J connectivity index is 1.74. The zero-order valence-electron chi connectivity index (χ0n) is 13.1. The molecule has 3 nitrogen and oxygen atoms in total. The normalized spacial score (nSPS) is 15.5. The fraction of sp³-hybridized carbons (Fsp3) is 0.158. The first-order valence-electron chi connectivity index (χ1n) is 7.62. The number of aliphatic imine (C=N–C) groups is 1. The van der Waals surface area contributed by atoms with Gasteiger partial charge in [0.05, 0.1) is 0 Å². The van der Waals surface area contributed by atoms with Gasteiger partial charge < -0.3 is 5.32 Å². The highest BCUT2D eigenvalue weighted by molar-refractivity contribution is 6.35. The first-order valence-corrected chi connectivity index (χ1v) is 8.38. The molecule has 0 aliphatic carbocycles. The van der Waals surface area contributed by atoms with Gasteiger partial charge >= 0.3 is 0 Å². The van der Waals surface area contributed by atoms with Crippen molar-refractivity contribution in [2.75, 3.05) is 0 Å². The first kappa shape index (κ1) is 16.7. The molecule has 0 aromatic heterocycles. The number of carbonyl (C=O) groups is 1. The molecule has 24 heavy (non-hydrogen) atoms. The summed E-state index contributed by atoms with van der Waals surface area (Å²) in [6.07, 6.45) is 3.18. The Bertz CT molecular complexity index is 856. The SMILES string of the molecule is Cc1cccc(CCC2=N/C(=C\c3ccc(Cl)cc3Cl)C(=O)N2)c1. The van der Waals surface area contributed by atoms with Crippen molar-refractivity contribution in [3.8, 4) is 0 Å². The maximum Gasteiger partial charge on any atom is 0.275 e. The van der Waals surface area contributed by atoms with E-state index in [1.54, 1.807) is 24.3 Å². The van der Waals surface area contributed by atoms with Crippen LogP contribution in [0.1, 0.15) is 23.1 Å². The minimum Gasteiger partial charge on any atom is -0.309 e. The molecule has 0 bridgehead atoms. The Hall–Kier alpha value is -2.10. The van der Waals surface area contributed by atoms with Crippen molar-refractivity contribution in [2.24, 2.45) is 4.99 Å². The van der Waals surface area contributed by atoms with Gasteiger partial charge in [-0.3, -0.25) is 4.79 Å².